The van der Waals surface area contributed by atoms with Crippen LogP contribution in [0.25, 0.3) is 0 Å². The molecule has 2 unspecified atom stereocenters. The van der Waals surface area contributed by atoms with Gasteiger partial charge in [-0.05, 0) is 51.4 Å². The number of hydrogen-bond donors (Lipinski definition) is 3. The Balaban J connectivity index is 3.37. The number of aliphatic hydroxyl groups excluding tert-OH is 2. The van der Waals surface area contributed by atoms with Crippen LogP contribution >= 0.6 is 0 Å². The lowest BCUT2D eigenvalue weighted by atomic mass is 10.0. The molecule has 0 heterocycles. The average Bonchev–Trinajstić information content (AvgIpc) is 3.47. The highest BCUT2D eigenvalue weighted by Crippen LogP contribution is 2.20. The number of amides is 1. The lowest BCUT2D eigenvalue weighted by Crippen LogP contribution is -2.45. The summed E-state index contributed by atoms with van der Waals surface area (Å²) in [7, 11) is 0. The molecule has 0 bridgehead atoms. The maximum absolute atomic E-state index is 12.6. The van der Waals surface area contributed by atoms with E-state index in [1.54, 1.807) is 0 Å². The topological polar surface area (TPSA) is 95.9 Å². The van der Waals surface area contributed by atoms with Gasteiger partial charge in [0.25, 0.3) is 0 Å². The van der Waals surface area contributed by atoms with Crippen molar-refractivity contribution in [3.63, 3.8) is 0 Å². The number of aliphatic hydroxyl groups is 2. The predicted octanol–water partition coefficient (Wildman–Crippen LogP) is 24.3. The fourth-order valence-corrected chi connectivity index (χ4v) is 12.1. The van der Waals surface area contributed by atoms with Gasteiger partial charge in [0, 0.05) is 12.8 Å². The molecule has 3 N–H and O–H groups in total. The van der Waals surface area contributed by atoms with Gasteiger partial charge < -0.3 is 20.3 Å². The Morgan fingerprint density at radius 2 is 0.580 bits per heavy atom. The maximum Gasteiger partial charge on any atom is 0.305 e. The van der Waals surface area contributed by atoms with Gasteiger partial charge in [0.1, 0.15) is 0 Å². The van der Waals surface area contributed by atoms with E-state index in [0.29, 0.717) is 25.9 Å². The molecule has 0 aromatic carbocycles. The number of hydrogen-bond acceptors (Lipinski definition) is 5. The second kappa shape index (κ2) is 71.1. The van der Waals surface area contributed by atoms with E-state index in [0.717, 1.165) is 38.5 Å². The van der Waals surface area contributed by atoms with Crippen molar-refractivity contribution in [1.82, 2.24) is 5.32 Å². The minimum atomic E-state index is -0.665. The first-order valence-corrected chi connectivity index (χ1v) is 37.4. The molecular formula is C75H147NO5. The van der Waals surface area contributed by atoms with Crippen molar-refractivity contribution in [3.05, 3.63) is 12.2 Å². The van der Waals surface area contributed by atoms with E-state index < -0.39 is 12.1 Å². The standard InChI is InChI=1S/C75H147NO5/c1-3-5-7-9-11-13-15-17-19-20-21-22-31-34-37-40-43-47-51-55-59-63-67-73(78)72(71-77)76-74(79)68-64-60-56-52-48-44-41-38-35-32-29-27-25-23-24-26-28-30-33-36-39-42-46-50-54-58-62-66-70-81-75(80)69-65-61-57-53-49-45-18-16-14-12-10-8-6-4-2/h23-24,72-73,77-78H,3-22,25-71H2,1-2H3,(H,76,79)/b24-23-. The van der Waals surface area contributed by atoms with E-state index in [2.05, 4.69) is 31.3 Å². The molecule has 0 spiro atoms. The van der Waals surface area contributed by atoms with Gasteiger partial charge in [0.15, 0.2) is 0 Å². The van der Waals surface area contributed by atoms with Crippen molar-refractivity contribution >= 4 is 11.9 Å². The fourth-order valence-electron chi connectivity index (χ4n) is 12.1. The van der Waals surface area contributed by atoms with Crippen molar-refractivity contribution in [2.75, 3.05) is 13.2 Å². The minimum Gasteiger partial charge on any atom is -0.466 e. The molecule has 6 heteroatoms. The number of ether oxygens (including phenoxy) is 1. The summed E-state index contributed by atoms with van der Waals surface area (Å²) in [6.45, 7) is 5.01. The first-order chi connectivity index (χ1) is 40.0. The van der Waals surface area contributed by atoms with Crippen LogP contribution in [0, 0.1) is 0 Å². The van der Waals surface area contributed by atoms with Crippen LogP contribution in [0.15, 0.2) is 12.2 Å². The molecule has 0 saturated carbocycles. The highest BCUT2D eigenvalue weighted by Gasteiger charge is 2.20. The fraction of sp³-hybridized carbons (Fsp3) is 0.947. The Morgan fingerprint density at radius 3 is 0.877 bits per heavy atom. The maximum atomic E-state index is 12.6. The van der Waals surface area contributed by atoms with Crippen molar-refractivity contribution in [2.45, 2.75) is 443 Å². The highest BCUT2D eigenvalue weighted by atomic mass is 16.5. The summed E-state index contributed by atoms with van der Waals surface area (Å²) < 4.78 is 5.50. The molecule has 0 aliphatic rings. The van der Waals surface area contributed by atoms with Crippen molar-refractivity contribution < 1.29 is 24.5 Å². The SMILES string of the molecule is CCCCCCCCCCCCCCCCCCCCCCCCC(O)C(CO)NC(=O)CCCCCCCCCCCCCC/C=C\CCCCCCCCCCCCCCOC(=O)CCCCCCCCCCCCCCCC. The van der Waals surface area contributed by atoms with Gasteiger partial charge in [-0.25, -0.2) is 0 Å². The van der Waals surface area contributed by atoms with Crippen LogP contribution in [0.4, 0.5) is 0 Å². The van der Waals surface area contributed by atoms with Gasteiger partial charge in [-0.1, -0.05) is 379 Å². The van der Waals surface area contributed by atoms with Crippen molar-refractivity contribution in [2.24, 2.45) is 0 Å². The molecule has 482 valence electrons. The van der Waals surface area contributed by atoms with Crippen LogP contribution in [0.3, 0.4) is 0 Å². The zero-order chi connectivity index (χ0) is 58.5. The van der Waals surface area contributed by atoms with Gasteiger partial charge in [-0.2, -0.15) is 0 Å². The molecule has 2 atom stereocenters. The molecule has 0 fully saturated rings. The Hall–Kier alpha value is -1.40. The number of carbonyl (C=O) groups excluding carboxylic acids is 2. The lowest BCUT2D eigenvalue weighted by molar-refractivity contribution is -0.143. The number of allylic oxidation sites excluding steroid dienone is 2. The molecule has 0 aromatic rings. The third-order valence-corrected chi connectivity index (χ3v) is 17.8. The molecule has 6 nitrogen and oxygen atoms in total. The van der Waals surface area contributed by atoms with E-state index in [-0.39, 0.29) is 18.5 Å². The largest absolute Gasteiger partial charge is 0.466 e. The van der Waals surface area contributed by atoms with Gasteiger partial charge in [0.05, 0.1) is 25.4 Å². The molecule has 81 heavy (non-hydrogen) atoms. The van der Waals surface area contributed by atoms with E-state index in [1.165, 1.54) is 360 Å². The minimum absolute atomic E-state index is 0.0193. The third-order valence-electron chi connectivity index (χ3n) is 17.8. The van der Waals surface area contributed by atoms with E-state index >= 15 is 0 Å². The van der Waals surface area contributed by atoms with Gasteiger partial charge >= 0.3 is 5.97 Å². The molecule has 0 rings (SSSR count). The second-order valence-electron chi connectivity index (χ2n) is 26.0. The van der Waals surface area contributed by atoms with E-state index in [9.17, 15) is 19.8 Å². The first kappa shape index (κ1) is 79.6. The third kappa shape index (κ3) is 67.6. The molecular weight excluding hydrogens is 995 g/mol. The van der Waals surface area contributed by atoms with E-state index in [1.807, 2.05) is 0 Å². The zero-order valence-electron chi connectivity index (χ0n) is 55.3. The van der Waals surface area contributed by atoms with Gasteiger partial charge in [0.2, 0.25) is 5.91 Å². The van der Waals surface area contributed by atoms with Crippen LogP contribution in [0.5, 0.6) is 0 Å². The van der Waals surface area contributed by atoms with Gasteiger partial charge in [-0.15, -0.1) is 0 Å². The number of esters is 1. The summed E-state index contributed by atoms with van der Waals surface area (Å²) in [6, 6.07) is -0.542. The second-order valence-corrected chi connectivity index (χ2v) is 26.0. The van der Waals surface area contributed by atoms with E-state index in [4.69, 9.17) is 4.74 Å². The zero-order valence-corrected chi connectivity index (χ0v) is 55.3. The summed E-state index contributed by atoms with van der Waals surface area (Å²) in [5.41, 5.74) is 0. The van der Waals surface area contributed by atoms with Crippen molar-refractivity contribution in [3.8, 4) is 0 Å². The molecule has 1 amide bonds. The number of unbranched alkanes of at least 4 members (excludes halogenated alkanes) is 58. The summed E-state index contributed by atoms with van der Waals surface area (Å²) in [5, 5.41) is 23.4. The predicted molar refractivity (Wildman–Crippen MR) is 357 cm³/mol. The molecule has 0 radical (unpaired) electrons. The summed E-state index contributed by atoms with van der Waals surface area (Å²) >= 11 is 0. The summed E-state index contributed by atoms with van der Waals surface area (Å²) in [6.07, 6.45) is 88.5. The van der Waals surface area contributed by atoms with Crippen LogP contribution in [-0.4, -0.2) is 47.4 Å². The van der Waals surface area contributed by atoms with Crippen molar-refractivity contribution in [1.29, 1.82) is 0 Å². The van der Waals surface area contributed by atoms with Gasteiger partial charge in [-0.3, -0.25) is 9.59 Å². The first-order valence-electron chi connectivity index (χ1n) is 37.4. The number of carbonyl (C=O) groups is 2. The Labute approximate surface area is 508 Å². The Kier molecular flexibility index (Phi) is 69.9. The van der Waals surface area contributed by atoms with Crippen LogP contribution < -0.4 is 5.32 Å². The lowest BCUT2D eigenvalue weighted by Gasteiger charge is -2.22. The highest BCUT2D eigenvalue weighted by molar-refractivity contribution is 5.76. The number of nitrogens with one attached hydrogen (secondary N) is 1. The quantitative estimate of drug-likeness (QED) is 0.0320. The smallest absolute Gasteiger partial charge is 0.305 e. The molecule has 0 saturated heterocycles. The number of rotatable bonds is 71. The summed E-state index contributed by atoms with van der Waals surface area (Å²) in [5.74, 6) is -0.0101. The monoisotopic (exact) mass is 1140 g/mol. The Morgan fingerprint density at radius 1 is 0.333 bits per heavy atom. The van der Waals surface area contributed by atoms with Crippen LogP contribution in [0.2, 0.25) is 0 Å². The Bertz CT molecular complexity index is 1220. The summed E-state index contributed by atoms with van der Waals surface area (Å²) in [4.78, 5) is 24.6. The molecule has 0 aromatic heterocycles. The molecule has 0 aliphatic heterocycles. The average molecular weight is 1140 g/mol. The van der Waals surface area contributed by atoms with Crippen LogP contribution in [0.1, 0.15) is 431 Å². The van der Waals surface area contributed by atoms with Crippen LogP contribution in [-0.2, 0) is 14.3 Å². The molecule has 0 aliphatic carbocycles. The normalized spacial score (nSPS) is 12.5.